The molecule has 1 fully saturated rings. The first kappa shape index (κ1) is 29.6. The molecule has 1 saturated heterocycles. The van der Waals surface area contributed by atoms with Crippen molar-refractivity contribution >= 4 is 28.3 Å². The second-order valence-corrected chi connectivity index (χ2v) is 12.3. The van der Waals surface area contributed by atoms with Gasteiger partial charge in [0.1, 0.15) is 18.2 Å². The topological polar surface area (TPSA) is 80.7 Å². The Balaban J connectivity index is 1.36. The minimum atomic E-state index is -0.334. The minimum Gasteiger partial charge on any atom is -0.492 e. The van der Waals surface area contributed by atoms with Crippen molar-refractivity contribution in [3.63, 3.8) is 0 Å². The molecule has 0 spiro atoms. The number of carbonyl (C=O) groups is 1. The van der Waals surface area contributed by atoms with Gasteiger partial charge in [-0.25, -0.2) is 9.48 Å². The maximum absolute atomic E-state index is 13.4. The lowest BCUT2D eigenvalue weighted by atomic mass is 9.92. The van der Waals surface area contributed by atoms with Crippen LogP contribution in [0.2, 0.25) is 0 Å². The largest absolute Gasteiger partial charge is 0.492 e. The summed E-state index contributed by atoms with van der Waals surface area (Å²) in [4.78, 5) is 15.8. The summed E-state index contributed by atoms with van der Waals surface area (Å²) in [6.45, 7) is 17.7. The van der Waals surface area contributed by atoms with Gasteiger partial charge in [0.25, 0.3) is 0 Å². The van der Waals surface area contributed by atoms with Crippen molar-refractivity contribution in [2.24, 2.45) is 0 Å². The van der Waals surface area contributed by atoms with E-state index in [1.165, 1.54) is 11.1 Å². The SMILES string of the molecule is Cc1ccc(-n2nc(C(C)(C)C)cc2NC(=O)Nc2ccc(OCCN3CCOCC3)c3ccccc23)cc1C(C)C. The fourth-order valence-corrected chi connectivity index (χ4v) is 5.30. The van der Waals surface area contributed by atoms with E-state index in [2.05, 4.69) is 75.3 Å². The molecular formula is C34H43N5O3. The van der Waals surface area contributed by atoms with Gasteiger partial charge in [-0.05, 0) is 48.2 Å². The van der Waals surface area contributed by atoms with Crippen molar-refractivity contribution in [3.8, 4) is 11.4 Å². The second kappa shape index (κ2) is 12.5. The van der Waals surface area contributed by atoms with Crippen molar-refractivity contribution < 1.29 is 14.3 Å². The van der Waals surface area contributed by atoms with Crippen LogP contribution < -0.4 is 15.4 Å². The summed E-state index contributed by atoms with van der Waals surface area (Å²) < 4.78 is 13.5. The van der Waals surface area contributed by atoms with Crippen LogP contribution in [0.3, 0.4) is 0 Å². The molecule has 1 aliphatic heterocycles. The van der Waals surface area contributed by atoms with E-state index in [0.29, 0.717) is 24.0 Å². The van der Waals surface area contributed by atoms with Gasteiger partial charge in [-0.2, -0.15) is 5.10 Å². The zero-order chi connectivity index (χ0) is 29.9. The van der Waals surface area contributed by atoms with E-state index in [9.17, 15) is 4.79 Å². The number of aryl methyl sites for hydroxylation is 1. The molecule has 0 radical (unpaired) electrons. The van der Waals surface area contributed by atoms with Crippen LogP contribution in [-0.4, -0.2) is 60.2 Å². The summed E-state index contributed by atoms with van der Waals surface area (Å²) in [5.41, 5.74) is 4.84. The van der Waals surface area contributed by atoms with E-state index < -0.39 is 0 Å². The van der Waals surface area contributed by atoms with E-state index in [-0.39, 0.29) is 11.4 Å². The zero-order valence-corrected chi connectivity index (χ0v) is 25.7. The number of urea groups is 1. The maximum Gasteiger partial charge on any atom is 0.324 e. The highest BCUT2D eigenvalue weighted by molar-refractivity contribution is 6.07. The summed E-state index contributed by atoms with van der Waals surface area (Å²) in [5, 5.41) is 12.9. The fourth-order valence-electron chi connectivity index (χ4n) is 5.30. The smallest absolute Gasteiger partial charge is 0.324 e. The number of rotatable bonds is 8. The first-order valence-corrected chi connectivity index (χ1v) is 14.8. The van der Waals surface area contributed by atoms with Gasteiger partial charge >= 0.3 is 6.03 Å². The molecule has 8 nitrogen and oxygen atoms in total. The summed E-state index contributed by atoms with van der Waals surface area (Å²) in [6, 6.07) is 19.8. The number of aromatic nitrogens is 2. The number of nitrogens with one attached hydrogen (secondary N) is 2. The monoisotopic (exact) mass is 569 g/mol. The van der Waals surface area contributed by atoms with Crippen molar-refractivity contribution in [2.75, 3.05) is 50.1 Å². The fraction of sp³-hybridized carbons (Fsp3) is 0.412. The van der Waals surface area contributed by atoms with Gasteiger partial charge in [0, 0.05) is 41.9 Å². The summed E-state index contributed by atoms with van der Waals surface area (Å²) in [7, 11) is 0. The zero-order valence-electron chi connectivity index (χ0n) is 25.7. The third-order valence-electron chi connectivity index (χ3n) is 7.75. The van der Waals surface area contributed by atoms with Crippen LogP contribution in [0.25, 0.3) is 16.5 Å². The highest BCUT2D eigenvalue weighted by atomic mass is 16.5. The number of fused-ring (bicyclic) bond motifs is 1. The van der Waals surface area contributed by atoms with Crippen LogP contribution in [0.1, 0.15) is 57.4 Å². The number of hydrogen-bond acceptors (Lipinski definition) is 5. The average molecular weight is 570 g/mol. The van der Waals surface area contributed by atoms with E-state index >= 15 is 0 Å². The number of nitrogens with zero attached hydrogens (tertiary/aromatic N) is 3. The Hall–Kier alpha value is -3.88. The molecule has 3 aromatic carbocycles. The van der Waals surface area contributed by atoms with Gasteiger partial charge in [0.05, 0.1) is 30.3 Å². The van der Waals surface area contributed by atoms with Crippen molar-refractivity contribution in [1.29, 1.82) is 0 Å². The molecular weight excluding hydrogens is 526 g/mol. The molecule has 5 rings (SSSR count). The van der Waals surface area contributed by atoms with E-state index in [1.54, 1.807) is 0 Å². The third-order valence-corrected chi connectivity index (χ3v) is 7.75. The molecule has 2 heterocycles. The molecule has 0 unspecified atom stereocenters. The van der Waals surface area contributed by atoms with Crippen LogP contribution in [0.5, 0.6) is 5.75 Å². The Labute approximate surface area is 249 Å². The van der Waals surface area contributed by atoms with Crippen LogP contribution in [0.15, 0.2) is 60.7 Å². The summed E-state index contributed by atoms with van der Waals surface area (Å²) in [6.07, 6.45) is 0. The molecule has 0 aliphatic carbocycles. The van der Waals surface area contributed by atoms with E-state index in [4.69, 9.17) is 14.6 Å². The minimum absolute atomic E-state index is 0.183. The Bertz CT molecular complexity index is 1550. The van der Waals surface area contributed by atoms with Gasteiger partial charge in [-0.1, -0.05) is 65.0 Å². The standard InChI is InChI=1S/C34H43N5O3/c1-23(2)28-21-25(12-11-24(28)3)39-32(22-31(37-39)34(4,5)6)36-33(40)35-29-13-14-30(27-10-8-7-9-26(27)29)42-20-17-38-15-18-41-19-16-38/h7-14,21-23H,15-20H2,1-6H3,(H2,35,36,40). The molecule has 1 aliphatic rings. The van der Waals surface area contributed by atoms with Gasteiger partial charge in [0.2, 0.25) is 0 Å². The number of hydrogen-bond donors (Lipinski definition) is 2. The molecule has 4 aromatic rings. The van der Waals surface area contributed by atoms with Gasteiger partial charge in [0.15, 0.2) is 0 Å². The highest BCUT2D eigenvalue weighted by Crippen LogP contribution is 2.33. The lowest BCUT2D eigenvalue weighted by Gasteiger charge is -2.26. The molecule has 42 heavy (non-hydrogen) atoms. The molecule has 1 aromatic heterocycles. The van der Waals surface area contributed by atoms with Gasteiger partial charge in [-0.3, -0.25) is 10.2 Å². The first-order chi connectivity index (χ1) is 20.1. The predicted molar refractivity (Wildman–Crippen MR) is 170 cm³/mol. The Morgan fingerprint density at radius 1 is 1.00 bits per heavy atom. The Morgan fingerprint density at radius 3 is 2.45 bits per heavy atom. The molecule has 2 N–H and O–H groups in total. The number of benzene rings is 3. The van der Waals surface area contributed by atoms with Gasteiger partial charge in [-0.15, -0.1) is 0 Å². The molecule has 2 amide bonds. The number of carbonyl (C=O) groups excluding carboxylic acids is 1. The Morgan fingerprint density at radius 2 is 1.74 bits per heavy atom. The number of anilines is 2. The normalized spacial score (nSPS) is 14.4. The quantitative estimate of drug-likeness (QED) is 0.236. The molecule has 0 atom stereocenters. The molecule has 0 saturated carbocycles. The van der Waals surface area contributed by atoms with Gasteiger partial charge < -0.3 is 14.8 Å². The third kappa shape index (κ3) is 6.77. The van der Waals surface area contributed by atoms with Crippen LogP contribution in [0, 0.1) is 6.92 Å². The molecule has 222 valence electrons. The van der Waals surface area contributed by atoms with E-state index in [0.717, 1.165) is 60.8 Å². The summed E-state index contributed by atoms with van der Waals surface area (Å²) in [5.74, 6) is 1.79. The number of morpholine rings is 1. The van der Waals surface area contributed by atoms with Crippen molar-refractivity contribution in [1.82, 2.24) is 14.7 Å². The number of amides is 2. The first-order valence-electron chi connectivity index (χ1n) is 14.8. The number of ether oxygens (including phenoxy) is 2. The maximum atomic E-state index is 13.4. The van der Waals surface area contributed by atoms with Crippen LogP contribution in [-0.2, 0) is 10.2 Å². The lowest BCUT2D eigenvalue weighted by Crippen LogP contribution is -2.38. The lowest BCUT2D eigenvalue weighted by molar-refractivity contribution is 0.0323. The highest BCUT2D eigenvalue weighted by Gasteiger charge is 2.22. The molecule has 0 bridgehead atoms. The van der Waals surface area contributed by atoms with E-state index in [1.807, 2.05) is 47.1 Å². The van der Waals surface area contributed by atoms with Crippen molar-refractivity contribution in [2.45, 2.75) is 52.9 Å². The molecule has 8 heteroatoms. The second-order valence-electron chi connectivity index (χ2n) is 12.3. The average Bonchev–Trinajstić information content (AvgIpc) is 3.39. The van der Waals surface area contributed by atoms with Crippen molar-refractivity contribution in [3.05, 3.63) is 77.5 Å². The predicted octanol–water partition coefficient (Wildman–Crippen LogP) is 7.11. The Kier molecular flexibility index (Phi) is 8.85. The van der Waals surface area contributed by atoms with Crippen LogP contribution in [0.4, 0.5) is 16.3 Å². The summed E-state index contributed by atoms with van der Waals surface area (Å²) >= 11 is 0. The van der Waals surface area contributed by atoms with Crippen LogP contribution >= 0.6 is 0 Å².